The van der Waals surface area contributed by atoms with Gasteiger partial charge in [0.15, 0.2) is 0 Å². The van der Waals surface area contributed by atoms with E-state index in [4.69, 9.17) is 0 Å². The van der Waals surface area contributed by atoms with Crippen molar-refractivity contribution >= 4 is 11.4 Å². The molecule has 1 aliphatic rings. The standard InChI is InChI=1S/C12H26N2OS/c1-12(2,3)13(4)9-11-7-6-8-14(10-11)16(5)15/h11H,6-10H2,1-5H3/t11-,16?/m0/s1. The molecule has 0 amide bonds. The number of nitrogens with zero attached hydrogens (tertiary/aromatic N) is 2. The minimum atomic E-state index is -0.794. The summed E-state index contributed by atoms with van der Waals surface area (Å²) in [5.74, 6) is 0.668. The average Bonchev–Trinajstić information content (AvgIpc) is 2.16. The Morgan fingerprint density at radius 1 is 1.44 bits per heavy atom. The molecule has 96 valence electrons. The van der Waals surface area contributed by atoms with Crippen LogP contribution in [0.2, 0.25) is 0 Å². The van der Waals surface area contributed by atoms with E-state index in [1.807, 2.05) is 0 Å². The minimum absolute atomic E-state index is 0.230. The van der Waals surface area contributed by atoms with Gasteiger partial charge >= 0.3 is 0 Å². The van der Waals surface area contributed by atoms with Crippen molar-refractivity contribution in [3.05, 3.63) is 0 Å². The predicted octanol–water partition coefficient (Wildman–Crippen LogP) is 1.72. The third kappa shape index (κ3) is 4.24. The molecule has 0 N–H and O–H groups in total. The molecular weight excluding hydrogens is 220 g/mol. The van der Waals surface area contributed by atoms with Gasteiger partial charge in [-0.05, 0) is 46.6 Å². The van der Waals surface area contributed by atoms with Gasteiger partial charge in [0.1, 0.15) is 6.26 Å². The van der Waals surface area contributed by atoms with E-state index in [2.05, 4.69) is 37.0 Å². The quantitative estimate of drug-likeness (QED) is 0.710. The van der Waals surface area contributed by atoms with Gasteiger partial charge in [0.2, 0.25) is 0 Å². The van der Waals surface area contributed by atoms with Crippen LogP contribution >= 0.6 is 0 Å². The lowest BCUT2D eigenvalue weighted by atomic mass is 9.97. The van der Waals surface area contributed by atoms with Crippen LogP contribution in [0.5, 0.6) is 0 Å². The van der Waals surface area contributed by atoms with Gasteiger partial charge in [0, 0.05) is 36.5 Å². The third-order valence-corrected chi connectivity index (χ3v) is 4.58. The molecule has 0 aromatic carbocycles. The average molecular weight is 246 g/mol. The van der Waals surface area contributed by atoms with E-state index < -0.39 is 11.4 Å². The van der Waals surface area contributed by atoms with Gasteiger partial charge in [-0.1, -0.05) is 0 Å². The normalized spacial score (nSPS) is 26.1. The van der Waals surface area contributed by atoms with E-state index in [0.29, 0.717) is 5.92 Å². The van der Waals surface area contributed by atoms with Gasteiger partial charge in [-0.2, -0.15) is 0 Å². The number of hydrogen-bond donors (Lipinski definition) is 0. The van der Waals surface area contributed by atoms with Crippen LogP contribution in [0.3, 0.4) is 0 Å². The fourth-order valence-electron chi connectivity index (χ4n) is 2.07. The number of rotatable bonds is 3. The Morgan fingerprint density at radius 2 is 2.06 bits per heavy atom. The van der Waals surface area contributed by atoms with Crippen molar-refractivity contribution in [1.29, 1.82) is 0 Å². The molecule has 3 nitrogen and oxygen atoms in total. The zero-order chi connectivity index (χ0) is 12.3. The Labute approximate surface area is 103 Å². The van der Waals surface area contributed by atoms with Gasteiger partial charge in [0.25, 0.3) is 0 Å². The largest absolute Gasteiger partial charge is 0.598 e. The highest BCUT2D eigenvalue weighted by molar-refractivity contribution is 7.88. The predicted molar refractivity (Wildman–Crippen MR) is 70.7 cm³/mol. The molecule has 0 aliphatic carbocycles. The highest BCUT2D eigenvalue weighted by Crippen LogP contribution is 2.22. The first-order chi connectivity index (χ1) is 7.30. The van der Waals surface area contributed by atoms with Crippen LogP contribution in [0.15, 0.2) is 0 Å². The molecule has 2 atom stereocenters. The summed E-state index contributed by atoms with van der Waals surface area (Å²) >= 11 is -0.794. The molecule has 1 saturated heterocycles. The van der Waals surface area contributed by atoms with Crippen molar-refractivity contribution in [2.24, 2.45) is 5.92 Å². The van der Waals surface area contributed by atoms with Crippen LogP contribution in [0.4, 0.5) is 0 Å². The first kappa shape index (κ1) is 14.3. The van der Waals surface area contributed by atoms with Crippen LogP contribution in [-0.2, 0) is 11.4 Å². The summed E-state index contributed by atoms with van der Waals surface area (Å²) in [5, 5.41) is 0. The van der Waals surface area contributed by atoms with Crippen molar-refractivity contribution in [2.45, 2.75) is 39.2 Å². The number of piperidine rings is 1. The molecule has 0 bridgehead atoms. The monoisotopic (exact) mass is 246 g/mol. The van der Waals surface area contributed by atoms with Gasteiger partial charge in [-0.3, -0.25) is 0 Å². The second kappa shape index (κ2) is 5.71. The first-order valence-corrected chi connectivity index (χ1v) is 7.62. The second-order valence-electron chi connectivity index (χ2n) is 5.87. The molecule has 0 saturated carbocycles. The molecule has 4 heteroatoms. The topological polar surface area (TPSA) is 29.5 Å². The van der Waals surface area contributed by atoms with Crippen molar-refractivity contribution < 1.29 is 4.55 Å². The van der Waals surface area contributed by atoms with E-state index in [9.17, 15) is 4.55 Å². The van der Waals surface area contributed by atoms with Gasteiger partial charge in [-0.15, -0.1) is 4.31 Å². The van der Waals surface area contributed by atoms with Gasteiger partial charge < -0.3 is 9.45 Å². The highest BCUT2D eigenvalue weighted by atomic mass is 32.2. The summed E-state index contributed by atoms with van der Waals surface area (Å²) in [6, 6.07) is 0. The maximum atomic E-state index is 11.5. The van der Waals surface area contributed by atoms with Crippen molar-refractivity contribution in [3.63, 3.8) is 0 Å². The molecule has 0 spiro atoms. The maximum absolute atomic E-state index is 11.5. The fraction of sp³-hybridized carbons (Fsp3) is 1.00. The van der Waals surface area contributed by atoms with E-state index in [-0.39, 0.29) is 5.54 Å². The summed E-state index contributed by atoms with van der Waals surface area (Å²) in [7, 11) is 2.18. The van der Waals surface area contributed by atoms with Crippen LogP contribution in [0.25, 0.3) is 0 Å². The SMILES string of the molecule is CN(C[C@@H]1CCCN([S+](C)[O-])C1)C(C)(C)C. The summed E-state index contributed by atoms with van der Waals surface area (Å²) in [4.78, 5) is 2.40. The smallest absolute Gasteiger partial charge is 0.115 e. The van der Waals surface area contributed by atoms with Crippen LogP contribution in [0.1, 0.15) is 33.6 Å². The molecule has 0 aromatic heterocycles. The van der Waals surface area contributed by atoms with Crippen LogP contribution in [-0.4, -0.2) is 52.2 Å². The second-order valence-corrected chi connectivity index (χ2v) is 7.24. The molecule has 0 radical (unpaired) electrons. The highest BCUT2D eigenvalue weighted by Gasteiger charge is 2.28. The molecule has 1 heterocycles. The zero-order valence-corrected chi connectivity index (χ0v) is 12.1. The number of hydrogen-bond acceptors (Lipinski definition) is 3. The molecule has 1 rings (SSSR count). The van der Waals surface area contributed by atoms with Crippen molar-refractivity contribution in [1.82, 2.24) is 9.21 Å². The molecule has 1 aliphatic heterocycles. The van der Waals surface area contributed by atoms with E-state index in [1.54, 1.807) is 6.26 Å². The molecule has 1 fully saturated rings. The first-order valence-electron chi connectivity index (χ1n) is 6.10. The molecular formula is C12H26N2OS. The van der Waals surface area contributed by atoms with E-state index >= 15 is 0 Å². The molecule has 0 aromatic rings. The Balaban J connectivity index is 2.43. The lowest BCUT2D eigenvalue weighted by Gasteiger charge is -2.38. The minimum Gasteiger partial charge on any atom is -0.598 e. The Kier molecular flexibility index (Phi) is 5.10. The summed E-state index contributed by atoms with van der Waals surface area (Å²) in [6.07, 6.45) is 4.24. The molecule has 1 unspecified atom stereocenters. The van der Waals surface area contributed by atoms with Crippen molar-refractivity contribution in [2.75, 3.05) is 32.9 Å². The summed E-state index contributed by atoms with van der Waals surface area (Å²) in [6.45, 7) is 9.82. The maximum Gasteiger partial charge on any atom is 0.115 e. The Bertz CT molecular complexity index is 216. The fourth-order valence-corrected chi connectivity index (χ4v) is 2.88. The van der Waals surface area contributed by atoms with E-state index in [1.165, 1.54) is 12.8 Å². The Hall–Kier alpha value is 0.230. The van der Waals surface area contributed by atoms with Gasteiger partial charge in [0.05, 0.1) is 0 Å². The van der Waals surface area contributed by atoms with Crippen LogP contribution < -0.4 is 0 Å². The van der Waals surface area contributed by atoms with E-state index in [0.717, 1.165) is 19.6 Å². The lowest BCUT2D eigenvalue weighted by molar-refractivity contribution is 0.124. The lowest BCUT2D eigenvalue weighted by Crippen LogP contribution is -2.46. The third-order valence-electron chi connectivity index (χ3n) is 3.52. The van der Waals surface area contributed by atoms with Gasteiger partial charge in [-0.25, -0.2) is 0 Å². The Morgan fingerprint density at radius 3 is 2.56 bits per heavy atom. The zero-order valence-electron chi connectivity index (χ0n) is 11.3. The summed E-state index contributed by atoms with van der Waals surface area (Å²) < 4.78 is 13.6. The van der Waals surface area contributed by atoms with Crippen LogP contribution in [0, 0.1) is 5.92 Å². The summed E-state index contributed by atoms with van der Waals surface area (Å²) in [5.41, 5.74) is 0.230. The van der Waals surface area contributed by atoms with Crippen molar-refractivity contribution in [3.8, 4) is 0 Å². The molecule has 16 heavy (non-hydrogen) atoms.